The number of benzene rings is 1. The summed E-state index contributed by atoms with van der Waals surface area (Å²) in [7, 11) is 2.96. The Balaban J connectivity index is 3.46. The van der Waals surface area contributed by atoms with Crippen LogP contribution in [0.5, 0.6) is 11.5 Å². The molecule has 0 saturated carbocycles. The van der Waals surface area contributed by atoms with E-state index in [4.69, 9.17) is 26.2 Å². The van der Waals surface area contributed by atoms with E-state index in [1.54, 1.807) is 13.0 Å². The molecule has 4 nitrogen and oxygen atoms in total. The first-order chi connectivity index (χ1) is 7.93. The second-order valence-electron chi connectivity index (χ2n) is 3.72. The molecular formula is C12H15ClO4. The lowest BCUT2D eigenvalue weighted by Crippen LogP contribution is -2.10. The summed E-state index contributed by atoms with van der Waals surface area (Å²) in [6.45, 7) is 3.39. The third-order valence-corrected chi connectivity index (χ3v) is 2.98. The van der Waals surface area contributed by atoms with Gasteiger partial charge >= 0.3 is 5.97 Å². The number of aryl methyl sites for hydroxylation is 1. The largest absolute Gasteiger partial charge is 0.495 e. The second kappa shape index (κ2) is 5.27. The van der Waals surface area contributed by atoms with Crippen molar-refractivity contribution < 1.29 is 19.4 Å². The Hall–Kier alpha value is -1.42. The van der Waals surface area contributed by atoms with Gasteiger partial charge in [-0.05, 0) is 25.5 Å². The Morgan fingerprint density at radius 2 is 1.88 bits per heavy atom. The van der Waals surface area contributed by atoms with Crippen LogP contribution in [-0.2, 0) is 4.79 Å². The molecule has 0 radical (unpaired) electrons. The zero-order valence-electron chi connectivity index (χ0n) is 10.2. The van der Waals surface area contributed by atoms with Crippen molar-refractivity contribution in [3.8, 4) is 11.5 Å². The first kappa shape index (κ1) is 13.6. The topological polar surface area (TPSA) is 55.8 Å². The Morgan fingerprint density at radius 3 is 2.29 bits per heavy atom. The summed E-state index contributed by atoms with van der Waals surface area (Å²) in [6, 6.07) is 1.72. The SMILES string of the molecule is COc1c(C)cc(C(C)C(=O)O)c(OC)c1Cl. The summed E-state index contributed by atoms with van der Waals surface area (Å²) >= 11 is 6.13. The number of rotatable bonds is 4. The third-order valence-electron chi connectivity index (χ3n) is 2.64. The Labute approximate surface area is 105 Å². The minimum atomic E-state index is -0.927. The summed E-state index contributed by atoms with van der Waals surface area (Å²) in [5, 5.41) is 9.34. The molecule has 1 atom stereocenters. The third kappa shape index (κ3) is 2.47. The predicted molar refractivity (Wildman–Crippen MR) is 65.3 cm³/mol. The molecule has 1 aromatic carbocycles. The first-order valence-electron chi connectivity index (χ1n) is 5.07. The molecule has 0 heterocycles. The fourth-order valence-electron chi connectivity index (χ4n) is 1.68. The van der Waals surface area contributed by atoms with Gasteiger partial charge in [0.05, 0.1) is 20.1 Å². The number of carboxylic acids is 1. The van der Waals surface area contributed by atoms with E-state index in [0.29, 0.717) is 22.1 Å². The number of ether oxygens (including phenoxy) is 2. The van der Waals surface area contributed by atoms with Crippen molar-refractivity contribution in [2.24, 2.45) is 0 Å². The molecule has 0 fully saturated rings. The first-order valence-corrected chi connectivity index (χ1v) is 5.45. The lowest BCUT2D eigenvalue weighted by Gasteiger charge is -2.17. The van der Waals surface area contributed by atoms with Crippen molar-refractivity contribution in [3.63, 3.8) is 0 Å². The summed E-state index contributed by atoms with van der Waals surface area (Å²) in [5.74, 6) is -0.759. The fourth-order valence-corrected chi connectivity index (χ4v) is 2.09. The molecule has 0 aromatic heterocycles. The minimum absolute atomic E-state index is 0.304. The van der Waals surface area contributed by atoms with Gasteiger partial charge in [0.25, 0.3) is 0 Å². The van der Waals surface area contributed by atoms with Crippen LogP contribution in [0, 0.1) is 6.92 Å². The highest BCUT2D eigenvalue weighted by molar-refractivity contribution is 6.33. The van der Waals surface area contributed by atoms with E-state index in [1.165, 1.54) is 14.2 Å². The van der Waals surface area contributed by atoms with Crippen LogP contribution in [0.4, 0.5) is 0 Å². The normalized spacial score (nSPS) is 12.1. The zero-order chi connectivity index (χ0) is 13.2. The standard InChI is InChI=1S/C12H15ClO4/c1-6-5-8(7(2)12(14)15)11(17-4)9(13)10(6)16-3/h5,7H,1-4H3,(H,14,15). The number of carbonyl (C=O) groups is 1. The summed E-state index contributed by atoms with van der Waals surface area (Å²) in [6.07, 6.45) is 0. The molecule has 1 rings (SSSR count). The van der Waals surface area contributed by atoms with Crippen molar-refractivity contribution in [2.75, 3.05) is 14.2 Å². The molecule has 0 amide bonds. The van der Waals surface area contributed by atoms with Crippen LogP contribution in [0.25, 0.3) is 0 Å². The lowest BCUT2D eigenvalue weighted by molar-refractivity contribution is -0.138. The highest BCUT2D eigenvalue weighted by atomic mass is 35.5. The van der Waals surface area contributed by atoms with E-state index in [0.717, 1.165) is 5.56 Å². The van der Waals surface area contributed by atoms with Crippen molar-refractivity contribution in [2.45, 2.75) is 19.8 Å². The molecule has 1 unspecified atom stereocenters. The van der Waals surface area contributed by atoms with E-state index < -0.39 is 11.9 Å². The summed E-state index contributed by atoms with van der Waals surface area (Å²) in [5.41, 5.74) is 1.32. The maximum atomic E-state index is 11.0. The summed E-state index contributed by atoms with van der Waals surface area (Å²) in [4.78, 5) is 11.0. The van der Waals surface area contributed by atoms with Crippen molar-refractivity contribution >= 4 is 17.6 Å². The predicted octanol–water partition coefficient (Wildman–Crippen LogP) is 2.85. The molecule has 0 bridgehead atoms. The minimum Gasteiger partial charge on any atom is -0.495 e. The number of hydrogen-bond donors (Lipinski definition) is 1. The molecule has 0 aliphatic heterocycles. The van der Waals surface area contributed by atoms with E-state index in [2.05, 4.69) is 0 Å². The molecule has 1 N–H and O–H groups in total. The van der Waals surface area contributed by atoms with Gasteiger partial charge in [0.2, 0.25) is 0 Å². The van der Waals surface area contributed by atoms with Gasteiger partial charge in [0, 0.05) is 5.56 Å². The molecule has 5 heteroatoms. The van der Waals surface area contributed by atoms with E-state index in [9.17, 15) is 4.79 Å². The van der Waals surface area contributed by atoms with Crippen LogP contribution in [0.15, 0.2) is 6.07 Å². The average molecular weight is 259 g/mol. The molecule has 94 valence electrons. The Kier molecular flexibility index (Phi) is 4.23. The average Bonchev–Trinajstić information content (AvgIpc) is 2.27. The second-order valence-corrected chi connectivity index (χ2v) is 4.10. The van der Waals surface area contributed by atoms with Gasteiger partial charge in [-0.15, -0.1) is 0 Å². The fraction of sp³-hybridized carbons (Fsp3) is 0.417. The van der Waals surface area contributed by atoms with E-state index in [-0.39, 0.29) is 0 Å². The van der Waals surface area contributed by atoms with E-state index >= 15 is 0 Å². The van der Waals surface area contributed by atoms with E-state index in [1.807, 2.05) is 6.92 Å². The monoisotopic (exact) mass is 258 g/mol. The smallest absolute Gasteiger partial charge is 0.310 e. The van der Waals surface area contributed by atoms with Crippen molar-refractivity contribution in [1.82, 2.24) is 0 Å². The van der Waals surface area contributed by atoms with Gasteiger partial charge in [-0.2, -0.15) is 0 Å². The number of hydrogen-bond acceptors (Lipinski definition) is 3. The quantitative estimate of drug-likeness (QED) is 0.902. The number of halogens is 1. The maximum absolute atomic E-state index is 11.0. The van der Waals surface area contributed by atoms with Gasteiger partial charge in [0.15, 0.2) is 0 Å². The van der Waals surface area contributed by atoms with Crippen molar-refractivity contribution in [1.29, 1.82) is 0 Å². The Bertz CT molecular complexity index is 443. The van der Waals surface area contributed by atoms with Crippen LogP contribution < -0.4 is 9.47 Å². The molecule has 0 saturated heterocycles. The molecule has 17 heavy (non-hydrogen) atoms. The van der Waals surface area contributed by atoms with Gasteiger partial charge in [-0.1, -0.05) is 11.6 Å². The van der Waals surface area contributed by atoms with Crippen LogP contribution in [0.3, 0.4) is 0 Å². The van der Waals surface area contributed by atoms with Crippen molar-refractivity contribution in [3.05, 3.63) is 22.2 Å². The summed E-state index contributed by atoms with van der Waals surface area (Å²) < 4.78 is 10.3. The van der Waals surface area contributed by atoms with Gasteiger partial charge < -0.3 is 14.6 Å². The number of methoxy groups -OCH3 is 2. The zero-order valence-corrected chi connectivity index (χ0v) is 11.0. The Morgan fingerprint density at radius 1 is 1.35 bits per heavy atom. The maximum Gasteiger partial charge on any atom is 0.310 e. The van der Waals surface area contributed by atoms with Gasteiger partial charge in [0.1, 0.15) is 16.5 Å². The van der Waals surface area contributed by atoms with Gasteiger partial charge in [-0.3, -0.25) is 4.79 Å². The highest BCUT2D eigenvalue weighted by Crippen LogP contribution is 2.42. The highest BCUT2D eigenvalue weighted by Gasteiger charge is 2.23. The lowest BCUT2D eigenvalue weighted by atomic mass is 9.97. The van der Waals surface area contributed by atoms with Crippen LogP contribution in [0.1, 0.15) is 24.0 Å². The number of carboxylic acid groups (broad SMARTS) is 1. The number of aliphatic carboxylic acids is 1. The molecule has 0 spiro atoms. The molecule has 1 aromatic rings. The van der Waals surface area contributed by atoms with Gasteiger partial charge in [-0.25, -0.2) is 0 Å². The molecule has 0 aliphatic rings. The van der Waals surface area contributed by atoms with Crippen LogP contribution >= 0.6 is 11.6 Å². The van der Waals surface area contributed by atoms with Crippen LogP contribution in [-0.4, -0.2) is 25.3 Å². The van der Waals surface area contributed by atoms with Crippen LogP contribution in [0.2, 0.25) is 5.02 Å². The molecule has 0 aliphatic carbocycles. The molecular weight excluding hydrogens is 244 g/mol.